The Bertz CT molecular complexity index is 1260. The van der Waals surface area contributed by atoms with E-state index in [0.29, 0.717) is 24.1 Å². The molecule has 174 valence electrons. The van der Waals surface area contributed by atoms with Gasteiger partial charge in [0.15, 0.2) is 5.01 Å². The predicted octanol–water partition coefficient (Wildman–Crippen LogP) is 3.73. The van der Waals surface area contributed by atoms with E-state index >= 15 is 0 Å². The normalized spacial score (nSPS) is 19.5. The summed E-state index contributed by atoms with van der Waals surface area (Å²) in [6.45, 7) is 9.09. The van der Waals surface area contributed by atoms with Crippen molar-refractivity contribution in [2.75, 3.05) is 39.3 Å². The van der Waals surface area contributed by atoms with Crippen LogP contribution >= 0.6 is 11.3 Å². The molecule has 0 unspecified atom stereocenters. The molecule has 2 amide bonds. The van der Waals surface area contributed by atoms with E-state index in [0.717, 1.165) is 31.7 Å². The number of aromatic nitrogens is 1. The Morgan fingerprint density at radius 3 is 2.38 bits per heavy atom. The van der Waals surface area contributed by atoms with Gasteiger partial charge in [0.25, 0.3) is 11.8 Å². The number of hydrogen-bond donors (Lipinski definition) is 0. The summed E-state index contributed by atoms with van der Waals surface area (Å²) in [6.07, 6.45) is 1.68. The van der Waals surface area contributed by atoms with Gasteiger partial charge in [0.05, 0.1) is 0 Å². The van der Waals surface area contributed by atoms with Crippen molar-refractivity contribution in [3.8, 4) is 11.1 Å². The molecule has 0 atom stereocenters. The summed E-state index contributed by atoms with van der Waals surface area (Å²) in [5, 5.41) is 2.40. The lowest BCUT2D eigenvalue weighted by Crippen LogP contribution is -2.64. The number of thiazole rings is 1. The average molecular weight is 473 g/mol. The van der Waals surface area contributed by atoms with Gasteiger partial charge in [-0.05, 0) is 34.4 Å². The molecule has 2 saturated heterocycles. The number of carbonyl (C=O) groups excluding carboxylic acids is 2. The fourth-order valence-electron chi connectivity index (χ4n) is 5.63. The minimum atomic E-state index is -0.102. The van der Waals surface area contributed by atoms with E-state index in [-0.39, 0.29) is 17.2 Å². The molecular formula is C27H28N4O2S. The van der Waals surface area contributed by atoms with E-state index in [1.54, 1.807) is 6.20 Å². The molecule has 1 aromatic heterocycles. The van der Waals surface area contributed by atoms with Crippen LogP contribution in [0.5, 0.6) is 0 Å². The summed E-state index contributed by atoms with van der Waals surface area (Å²) in [4.78, 5) is 36.2. The first-order valence-corrected chi connectivity index (χ1v) is 12.8. The lowest BCUT2D eigenvalue weighted by molar-refractivity contribution is 0.00853. The zero-order valence-electron chi connectivity index (χ0n) is 19.5. The van der Waals surface area contributed by atoms with Crippen molar-refractivity contribution in [2.24, 2.45) is 0 Å². The van der Waals surface area contributed by atoms with Crippen LogP contribution in [-0.2, 0) is 5.41 Å². The number of benzene rings is 2. The van der Waals surface area contributed by atoms with E-state index in [4.69, 9.17) is 0 Å². The summed E-state index contributed by atoms with van der Waals surface area (Å²) < 4.78 is 0. The first-order chi connectivity index (χ1) is 16.4. The van der Waals surface area contributed by atoms with Gasteiger partial charge in [-0.1, -0.05) is 44.2 Å². The van der Waals surface area contributed by atoms with Gasteiger partial charge in [0.2, 0.25) is 0 Å². The van der Waals surface area contributed by atoms with Gasteiger partial charge in [-0.3, -0.25) is 14.5 Å². The number of rotatable bonds is 3. The molecule has 1 aliphatic carbocycles. The molecule has 0 N–H and O–H groups in total. The second-order valence-corrected chi connectivity index (χ2v) is 10.9. The molecule has 3 aromatic rings. The van der Waals surface area contributed by atoms with Gasteiger partial charge >= 0.3 is 0 Å². The molecule has 3 heterocycles. The van der Waals surface area contributed by atoms with Crippen molar-refractivity contribution in [3.63, 3.8) is 0 Å². The molecule has 0 spiro atoms. The maximum Gasteiger partial charge on any atom is 0.282 e. The first kappa shape index (κ1) is 21.5. The molecule has 2 fully saturated rings. The molecule has 0 bridgehead atoms. The van der Waals surface area contributed by atoms with Crippen LogP contribution < -0.4 is 0 Å². The maximum atomic E-state index is 13.3. The van der Waals surface area contributed by atoms with Crippen LogP contribution in [0.3, 0.4) is 0 Å². The quantitative estimate of drug-likeness (QED) is 0.583. The Morgan fingerprint density at radius 1 is 0.912 bits per heavy atom. The third-order valence-electron chi connectivity index (χ3n) is 7.71. The zero-order chi connectivity index (χ0) is 23.4. The number of hydrogen-bond acceptors (Lipinski definition) is 5. The third-order valence-corrected chi connectivity index (χ3v) is 8.47. The molecule has 2 aliphatic heterocycles. The maximum absolute atomic E-state index is 13.3. The van der Waals surface area contributed by atoms with E-state index in [9.17, 15) is 9.59 Å². The number of carbonyl (C=O) groups is 2. The predicted molar refractivity (Wildman–Crippen MR) is 133 cm³/mol. The smallest absolute Gasteiger partial charge is 0.282 e. The highest BCUT2D eigenvalue weighted by molar-refractivity contribution is 7.11. The van der Waals surface area contributed by atoms with Crippen molar-refractivity contribution in [1.82, 2.24) is 19.7 Å². The molecule has 7 heteroatoms. The number of fused-ring (bicyclic) bond motifs is 3. The van der Waals surface area contributed by atoms with Crippen molar-refractivity contribution in [3.05, 3.63) is 75.7 Å². The van der Waals surface area contributed by atoms with Gasteiger partial charge in [-0.25, -0.2) is 4.98 Å². The van der Waals surface area contributed by atoms with Crippen molar-refractivity contribution >= 4 is 23.2 Å². The molecule has 0 saturated carbocycles. The van der Waals surface area contributed by atoms with Gasteiger partial charge in [-0.15, -0.1) is 11.3 Å². The van der Waals surface area contributed by atoms with Crippen molar-refractivity contribution < 1.29 is 9.59 Å². The summed E-state index contributed by atoms with van der Waals surface area (Å²) in [6, 6.07) is 15.1. The third kappa shape index (κ3) is 3.37. The lowest BCUT2D eigenvalue weighted by atomic mass is 9.82. The van der Waals surface area contributed by atoms with Crippen molar-refractivity contribution in [1.29, 1.82) is 0 Å². The lowest BCUT2D eigenvalue weighted by Gasteiger charge is -2.48. The van der Waals surface area contributed by atoms with E-state index < -0.39 is 0 Å². The minimum Gasteiger partial charge on any atom is -0.335 e. The summed E-state index contributed by atoms with van der Waals surface area (Å²) in [5.41, 5.74) is 5.75. The summed E-state index contributed by atoms with van der Waals surface area (Å²) >= 11 is 1.39. The van der Waals surface area contributed by atoms with Crippen LogP contribution in [0.4, 0.5) is 0 Å². The van der Waals surface area contributed by atoms with Crippen molar-refractivity contribution in [2.45, 2.75) is 25.3 Å². The molecule has 6 rings (SSSR count). The molecule has 3 aliphatic rings. The average Bonchev–Trinajstić information content (AvgIpc) is 3.44. The van der Waals surface area contributed by atoms with Crippen LogP contribution in [0.25, 0.3) is 11.1 Å². The molecular weight excluding hydrogens is 444 g/mol. The van der Waals surface area contributed by atoms with E-state index in [1.807, 2.05) is 21.2 Å². The van der Waals surface area contributed by atoms with E-state index in [1.165, 1.54) is 33.6 Å². The number of nitrogens with zero attached hydrogens (tertiary/aromatic N) is 4. The van der Waals surface area contributed by atoms with Crippen LogP contribution in [0, 0.1) is 0 Å². The van der Waals surface area contributed by atoms with E-state index in [2.05, 4.69) is 60.1 Å². The highest BCUT2D eigenvalue weighted by Gasteiger charge is 2.39. The van der Waals surface area contributed by atoms with Gasteiger partial charge in [-0.2, -0.15) is 0 Å². The topological polar surface area (TPSA) is 56.8 Å². The Hall–Kier alpha value is -3.03. The molecule has 6 nitrogen and oxygen atoms in total. The van der Waals surface area contributed by atoms with Gasteiger partial charge < -0.3 is 9.80 Å². The van der Waals surface area contributed by atoms with Gasteiger partial charge in [0, 0.05) is 67.9 Å². The SMILES string of the molecule is CC1(C)c2ccccc2-c2ccc(C(=O)N3CC(N4CCN(C(=O)c5nccs5)CC4)C3)cc21. The second kappa shape index (κ2) is 8.03. The Morgan fingerprint density at radius 2 is 1.65 bits per heavy atom. The largest absolute Gasteiger partial charge is 0.335 e. The number of likely N-dealkylation sites (tertiary alicyclic amines) is 1. The highest BCUT2D eigenvalue weighted by atomic mass is 32.1. The van der Waals surface area contributed by atoms with Crippen LogP contribution in [-0.4, -0.2) is 76.8 Å². The van der Waals surface area contributed by atoms with Crippen LogP contribution in [0.15, 0.2) is 54.0 Å². The fourth-order valence-corrected chi connectivity index (χ4v) is 6.23. The monoisotopic (exact) mass is 472 g/mol. The Kier molecular flexibility index (Phi) is 5.08. The standard InChI is InChI=1S/C27H28N4O2S/c1-27(2)22-6-4-3-5-20(22)21-8-7-18(15-23(21)27)25(32)31-16-19(17-31)29-10-12-30(13-11-29)26(33)24-28-9-14-34-24/h3-9,14-15,19H,10-13,16-17H2,1-2H3. The number of amides is 2. The molecule has 0 radical (unpaired) electrons. The summed E-state index contributed by atoms with van der Waals surface area (Å²) in [5.74, 6) is 0.144. The first-order valence-electron chi connectivity index (χ1n) is 11.9. The molecule has 34 heavy (non-hydrogen) atoms. The van der Waals surface area contributed by atoms with Crippen LogP contribution in [0.1, 0.15) is 45.1 Å². The minimum absolute atomic E-state index is 0.0294. The number of piperazine rings is 1. The highest BCUT2D eigenvalue weighted by Crippen LogP contribution is 2.48. The Balaban J connectivity index is 1.08. The second-order valence-electron chi connectivity index (χ2n) is 9.96. The zero-order valence-corrected chi connectivity index (χ0v) is 20.3. The molecule has 2 aromatic carbocycles. The Labute approximate surface area is 203 Å². The fraction of sp³-hybridized carbons (Fsp3) is 0.370. The summed E-state index contributed by atoms with van der Waals surface area (Å²) in [7, 11) is 0. The van der Waals surface area contributed by atoms with Crippen LogP contribution in [0.2, 0.25) is 0 Å². The van der Waals surface area contributed by atoms with Gasteiger partial charge in [0.1, 0.15) is 0 Å².